The molecule has 3 rings (SSSR count). The van der Waals surface area contributed by atoms with Crippen LogP contribution in [-0.4, -0.2) is 17.6 Å². The molecule has 1 atom stereocenters. The molecule has 1 N–H and O–H groups in total. The summed E-state index contributed by atoms with van der Waals surface area (Å²) in [7, 11) is 0. The second-order valence-corrected chi connectivity index (χ2v) is 4.09. The maximum atomic E-state index is 11.4. The first-order valence-corrected chi connectivity index (χ1v) is 5.22. The molecule has 0 bridgehead atoms. The molecule has 3 heteroatoms. The van der Waals surface area contributed by atoms with E-state index in [1.165, 1.54) is 17.7 Å². The highest BCUT2D eigenvalue weighted by molar-refractivity contribution is 5.79. The third kappa shape index (κ3) is 1.08. The smallest absolute Gasteiger partial charge is 0.315 e. The Morgan fingerprint density at radius 1 is 1.43 bits per heavy atom. The number of aromatic nitrogens is 1. The largest absolute Gasteiger partial charge is 0.465 e. The minimum atomic E-state index is -0.0649. The Kier molecular flexibility index (Phi) is 1.66. The van der Waals surface area contributed by atoms with Gasteiger partial charge in [-0.2, -0.15) is 0 Å². The molecule has 1 fully saturated rings. The van der Waals surface area contributed by atoms with Gasteiger partial charge in [0.2, 0.25) is 0 Å². The molecule has 14 heavy (non-hydrogen) atoms. The first kappa shape index (κ1) is 8.09. The summed E-state index contributed by atoms with van der Waals surface area (Å²) in [6.07, 6.45) is 4.37. The number of fused-ring (bicyclic) bond motifs is 1. The molecular formula is C11H13NO2. The van der Waals surface area contributed by atoms with E-state index in [0.29, 0.717) is 6.61 Å². The molecule has 3 nitrogen and oxygen atoms in total. The number of carbonyl (C=O) groups is 1. The summed E-state index contributed by atoms with van der Waals surface area (Å²) in [5.41, 5.74) is 3.80. The lowest BCUT2D eigenvalue weighted by molar-refractivity contribution is -0.139. The minimum absolute atomic E-state index is 0.0272. The van der Waals surface area contributed by atoms with Crippen LogP contribution in [-0.2, 0) is 22.4 Å². The average Bonchev–Trinajstić information content (AvgIpc) is 2.75. The van der Waals surface area contributed by atoms with Gasteiger partial charge in [-0.3, -0.25) is 4.79 Å². The van der Waals surface area contributed by atoms with Gasteiger partial charge in [0.25, 0.3) is 0 Å². The molecule has 1 unspecified atom stereocenters. The van der Waals surface area contributed by atoms with Crippen molar-refractivity contribution < 1.29 is 9.53 Å². The standard InChI is InChI=1S/C11H13NO2/c13-11-8(4-5-14-11)10-6-7-2-1-3-9(7)12-10/h6,8,12H,1-5H2. The van der Waals surface area contributed by atoms with E-state index in [0.717, 1.165) is 25.0 Å². The van der Waals surface area contributed by atoms with Crippen LogP contribution in [0.15, 0.2) is 6.07 Å². The number of carbonyl (C=O) groups excluding carboxylic acids is 1. The number of rotatable bonds is 1. The summed E-state index contributed by atoms with van der Waals surface area (Å²) >= 11 is 0. The zero-order chi connectivity index (χ0) is 9.54. The number of ether oxygens (including phenoxy) is 1. The molecule has 1 aliphatic heterocycles. The van der Waals surface area contributed by atoms with Gasteiger partial charge in [-0.25, -0.2) is 0 Å². The van der Waals surface area contributed by atoms with Crippen molar-refractivity contribution in [2.45, 2.75) is 31.6 Å². The zero-order valence-electron chi connectivity index (χ0n) is 8.01. The fourth-order valence-corrected chi connectivity index (χ4v) is 2.43. The fourth-order valence-electron chi connectivity index (χ4n) is 2.43. The van der Waals surface area contributed by atoms with Crippen molar-refractivity contribution in [3.05, 3.63) is 23.0 Å². The molecule has 1 aromatic heterocycles. The molecule has 1 saturated heterocycles. The number of cyclic esters (lactones) is 1. The second kappa shape index (κ2) is 2.87. The number of nitrogens with one attached hydrogen (secondary N) is 1. The fraction of sp³-hybridized carbons (Fsp3) is 0.545. The Labute approximate surface area is 82.5 Å². The number of hydrogen-bond acceptors (Lipinski definition) is 2. The van der Waals surface area contributed by atoms with Crippen LogP contribution in [0.5, 0.6) is 0 Å². The predicted octanol–water partition coefficient (Wildman–Crippen LogP) is 1.53. The lowest BCUT2D eigenvalue weighted by atomic mass is 10.0. The maximum Gasteiger partial charge on any atom is 0.315 e. The maximum absolute atomic E-state index is 11.4. The van der Waals surface area contributed by atoms with Crippen LogP contribution < -0.4 is 0 Å². The normalized spacial score (nSPS) is 25.1. The van der Waals surface area contributed by atoms with E-state index in [1.54, 1.807) is 0 Å². The Hall–Kier alpha value is -1.25. The average molecular weight is 191 g/mol. The highest BCUT2D eigenvalue weighted by Crippen LogP contribution is 2.30. The van der Waals surface area contributed by atoms with Crippen molar-refractivity contribution in [2.75, 3.05) is 6.61 Å². The van der Waals surface area contributed by atoms with Crippen LogP contribution in [0.2, 0.25) is 0 Å². The van der Waals surface area contributed by atoms with Crippen molar-refractivity contribution in [3.63, 3.8) is 0 Å². The first-order valence-electron chi connectivity index (χ1n) is 5.22. The van der Waals surface area contributed by atoms with Crippen molar-refractivity contribution in [1.82, 2.24) is 4.98 Å². The molecule has 0 amide bonds. The van der Waals surface area contributed by atoms with Gasteiger partial charge >= 0.3 is 5.97 Å². The van der Waals surface area contributed by atoms with E-state index in [4.69, 9.17) is 4.74 Å². The van der Waals surface area contributed by atoms with Crippen molar-refractivity contribution >= 4 is 5.97 Å². The Morgan fingerprint density at radius 3 is 3.07 bits per heavy atom. The number of aromatic amines is 1. The Balaban J connectivity index is 1.93. The number of hydrogen-bond donors (Lipinski definition) is 1. The summed E-state index contributed by atoms with van der Waals surface area (Å²) in [5, 5.41) is 0. The third-order valence-electron chi connectivity index (χ3n) is 3.20. The van der Waals surface area contributed by atoms with E-state index in [-0.39, 0.29) is 11.9 Å². The predicted molar refractivity (Wildman–Crippen MR) is 51.1 cm³/mol. The summed E-state index contributed by atoms with van der Waals surface area (Å²) in [4.78, 5) is 14.7. The quantitative estimate of drug-likeness (QED) is 0.684. The number of H-pyrrole nitrogens is 1. The lowest BCUT2D eigenvalue weighted by Gasteiger charge is -2.01. The van der Waals surface area contributed by atoms with Gasteiger partial charge < -0.3 is 9.72 Å². The second-order valence-electron chi connectivity index (χ2n) is 4.09. The van der Waals surface area contributed by atoms with Crippen LogP contribution in [0.3, 0.4) is 0 Å². The molecule has 0 saturated carbocycles. The van der Waals surface area contributed by atoms with Gasteiger partial charge in [0.1, 0.15) is 5.92 Å². The van der Waals surface area contributed by atoms with Gasteiger partial charge in [-0.1, -0.05) is 0 Å². The van der Waals surface area contributed by atoms with Gasteiger partial charge in [0.15, 0.2) is 0 Å². The highest BCUT2D eigenvalue weighted by atomic mass is 16.5. The lowest BCUT2D eigenvalue weighted by Crippen LogP contribution is -2.06. The van der Waals surface area contributed by atoms with E-state index in [1.807, 2.05) is 0 Å². The summed E-state index contributed by atoms with van der Waals surface area (Å²) < 4.78 is 4.96. The topological polar surface area (TPSA) is 42.1 Å². The molecule has 2 heterocycles. The summed E-state index contributed by atoms with van der Waals surface area (Å²) in [5.74, 6) is -0.0921. The van der Waals surface area contributed by atoms with Crippen LogP contribution in [0.25, 0.3) is 0 Å². The highest BCUT2D eigenvalue weighted by Gasteiger charge is 2.30. The molecular weight excluding hydrogens is 178 g/mol. The molecule has 0 radical (unpaired) electrons. The van der Waals surface area contributed by atoms with Crippen molar-refractivity contribution in [3.8, 4) is 0 Å². The summed E-state index contributed by atoms with van der Waals surface area (Å²) in [6, 6.07) is 2.15. The van der Waals surface area contributed by atoms with E-state index in [2.05, 4.69) is 11.1 Å². The summed E-state index contributed by atoms with van der Waals surface area (Å²) in [6.45, 7) is 0.577. The van der Waals surface area contributed by atoms with Gasteiger partial charge in [0.05, 0.1) is 6.61 Å². The number of esters is 1. The van der Waals surface area contributed by atoms with Crippen LogP contribution in [0.4, 0.5) is 0 Å². The van der Waals surface area contributed by atoms with E-state index >= 15 is 0 Å². The van der Waals surface area contributed by atoms with Crippen molar-refractivity contribution in [1.29, 1.82) is 0 Å². The monoisotopic (exact) mass is 191 g/mol. The number of aryl methyl sites for hydroxylation is 2. The molecule has 1 aliphatic carbocycles. The molecule has 74 valence electrons. The van der Waals surface area contributed by atoms with Gasteiger partial charge in [0, 0.05) is 17.8 Å². The molecule has 2 aliphatic rings. The first-order chi connectivity index (χ1) is 6.84. The van der Waals surface area contributed by atoms with Gasteiger partial charge in [-0.05, 0) is 30.9 Å². The zero-order valence-corrected chi connectivity index (χ0v) is 8.01. The molecule has 1 aromatic rings. The molecule has 0 spiro atoms. The van der Waals surface area contributed by atoms with Crippen LogP contribution in [0.1, 0.15) is 35.7 Å². The SMILES string of the molecule is O=C1OCCC1c1cc2c([nH]1)CCC2. The Bertz CT molecular complexity index is 359. The van der Waals surface area contributed by atoms with Crippen molar-refractivity contribution in [2.24, 2.45) is 0 Å². The van der Waals surface area contributed by atoms with Crippen LogP contribution in [0, 0.1) is 0 Å². The van der Waals surface area contributed by atoms with Crippen LogP contribution >= 0.6 is 0 Å². The van der Waals surface area contributed by atoms with E-state index in [9.17, 15) is 4.79 Å². The minimum Gasteiger partial charge on any atom is -0.465 e. The molecule has 0 aromatic carbocycles. The van der Waals surface area contributed by atoms with E-state index < -0.39 is 0 Å². The Morgan fingerprint density at radius 2 is 2.36 bits per heavy atom. The third-order valence-corrected chi connectivity index (χ3v) is 3.20. The van der Waals surface area contributed by atoms with Gasteiger partial charge in [-0.15, -0.1) is 0 Å².